The molecule has 116 valence electrons. The summed E-state index contributed by atoms with van der Waals surface area (Å²) in [6.07, 6.45) is 0.355. The molecule has 0 spiro atoms. The predicted molar refractivity (Wildman–Crippen MR) is 82.8 cm³/mol. The molecule has 0 aliphatic heterocycles. The summed E-state index contributed by atoms with van der Waals surface area (Å²) in [5.41, 5.74) is 2.01. The van der Waals surface area contributed by atoms with Crippen LogP contribution in [-0.4, -0.2) is 26.4 Å². The Bertz CT molecular complexity index is 766. The van der Waals surface area contributed by atoms with E-state index in [9.17, 15) is 13.6 Å². The van der Waals surface area contributed by atoms with Gasteiger partial charge in [-0.15, -0.1) is 0 Å². The number of sulfonamides is 1. The summed E-state index contributed by atoms with van der Waals surface area (Å²) in [4.78, 5) is 0.0446. The molecule has 0 aliphatic carbocycles. The van der Waals surface area contributed by atoms with Crippen LogP contribution < -0.4 is 9.88 Å². The van der Waals surface area contributed by atoms with Crippen molar-refractivity contribution >= 4 is 15.7 Å². The Labute approximate surface area is 128 Å². The van der Waals surface area contributed by atoms with Gasteiger partial charge < -0.3 is 9.94 Å². The lowest BCUT2D eigenvalue weighted by molar-refractivity contribution is 0.318. The highest BCUT2D eigenvalue weighted by Gasteiger charge is 2.09. The second kappa shape index (κ2) is 6.59. The van der Waals surface area contributed by atoms with Crippen LogP contribution in [0.4, 0.5) is 0 Å². The molecule has 0 saturated heterocycles. The molecule has 7 heteroatoms. The van der Waals surface area contributed by atoms with Crippen molar-refractivity contribution in [2.45, 2.75) is 11.3 Å². The van der Waals surface area contributed by atoms with Crippen LogP contribution >= 0.6 is 0 Å². The van der Waals surface area contributed by atoms with Gasteiger partial charge >= 0.3 is 0 Å². The zero-order valence-corrected chi connectivity index (χ0v) is 12.7. The Kier molecular flexibility index (Phi) is 4.79. The topological polar surface area (TPSA) is 102 Å². The molecule has 0 heterocycles. The molecule has 0 bridgehead atoms. The normalized spacial score (nSPS) is 12.2. The smallest absolute Gasteiger partial charge is 0.238 e. The fourth-order valence-electron chi connectivity index (χ4n) is 1.97. The number of rotatable bonds is 5. The van der Waals surface area contributed by atoms with Gasteiger partial charge in [0, 0.05) is 6.42 Å². The molecule has 0 saturated carbocycles. The summed E-state index contributed by atoms with van der Waals surface area (Å²) in [5, 5.41) is 17.6. The lowest BCUT2D eigenvalue weighted by Gasteiger charge is -2.07. The lowest BCUT2D eigenvalue weighted by atomic mass is 10.0. The summed E-state index contributed by atoms with van der Waals surface area (Å²) in [6, 6.07) is 13.2. The number of benzene rings is 2. The van der Waals surface area contributed by atoms with E-state index in [1.807, 2.05) is 0 Å². The Morgan fingerprint density at radius 2 is 1.73 bits per heavy atom. The molecule has 0 aliphatic rings. The van der Waals surface area contributed by atoms with Gasteiger partial charge in [-0.2, -0.15) is 0 Å². The number of oxime groups is 1. The molecule has 0 aromatic heterocycles. The standard InChI is InChI=1S/C15H16N2O4S/c1-21-13-6-4-12(5-7-13)15(17-18)10-11-2-8-14(9-3-11)22(16,19)20/h2-9,18H,10H2,1H3,(H2,16,19,20). The maximum absolute atomic E-state index is 11.2. The number of methoxy groups -OCH3 is 1. The van der Waals surface area contributed by atoms with Gasteiger partial charge in [0.2, 0.25) is 10.0 Å². The monoisotopic (exact) mass is 320 g/mol. The lowest BCUT2D eigenvalue weighted by Crippen LogP contribution is -2.12. The number of hydrogen-bond acceptors (Lipinski definition) is 5. The van der Waals surface area contributed by atoms with Gasteiger partial charge in [0.05, 0.1) is 17.7 Å². The van der Waals surface area contributed by atoms with E-state index in [-0.39, 0.29) is 4.90 Å². The highest BCUT2D eigenvalue weighted by Crippen LogP contribution is 2.15. The second-order valence-electron chi connectivity index (χ2n) is 4.64. The zero-order valence-electron chi connectivity index (χ0n) is 11.9. The van der Waals surface area contributed by atoms with Crippen LogP contribution in [0, 0.1) is 0 Å². The van der Waals surface area contributed by atoms with Crippen LogP contribution in [0.2, 0.25) is 0 Å². The maximum Gasteiger partial charge on any atom is 0.238 e. The molecule has 2 rings (SSSR count). The van der Waals surface area contributed by atoms with Crippen molar-refractivity contribution in [1.29, 1.82) is 0 Å². The molecule has 0 amide bonds. The molecule has 6 nitrogen and oxygen atoms in total. The minimum atomic E-state index is -3.71. The second-order valence-corrected chi connectivity index (χ2v) is 6.20. The van der Waals surface area contributed by atoms with Crippen molar-refractivity contribution in [3.63, 3.8) is 0 Å². The summed E-state index contributed by atoms with van der Waals surface area (Å²) < 4.78 is 27.5. The Balaban J connectivity index is 2.20. The highest BCUT2D eigenvalue weighted by molar-refractivity contribution is 7.89. The average Bonchev–Trinajstić information content (AvgIpc) is 2.52. The fourth-order valence-corrected chi connectivity index (χ4v) is 2.48. The molecule has 3 N–H and O–H groups in total. The first-order valence-corrected chi connectivity index (χ1v) is 7.96. The minimum absolute atomic E-state index is 0.0446. The van der Waals surface area contributed by atoms with Gasteiger partial charge in [0.25, 0.3) is 0 Å². The third-order valence-electron chi connectivity index (χ3n) is 3.17. The fraction of sp³-hybridized carbons (Fsp3) is 0.133. The van der Waals surface area contributed by atoms with Gasteiger partial charge in [-0.1, -0.05) is 17.3 Å². The number of nitrogens with zero attached hydrogens (tertiary/aromatic N) is 1. The average molecular weight is 320 g/mol. The number of ether oxygens (including phenoxy) is 1. The van der Waals surface area contributed by atoms with Crippen LogP contribution in [0.1, 0.15) is 11.1 Å². The van der Waals surface area contributed by atoms with E-state index in [4.69, 9.17) is 9.88 Å². The summed E-state index contributed by atoms with van der Waals surface area (Å²) in [7, 11) is -2.13. The zero-order chi connectivity index (χ0) is 16.2. The van der Waals surface area contributed by atoms with E-state index >= 15 is 0 Å². The first kappa shape index (κ1) is 16.0. The minimum Gasteiger partial charge on any atom is -0.497 e. The van der Waals surface area contributed by atoms with Gasteiger partial charge in [0.15, 0.2) is 0 Å². The van der Waals surface area contributed by atoms with Crippen molar-refractivity contribution in [2.75, 3.05) is 7.11 Å². The molecular weight excluding hydrogens is 304 g/mol. The molecule has 2 aromatic rings. The summed E-state index contributed by atoms with van der Waals surface area (Å²) >= 11 is 0. The van der Waals surface area contributed by atoms with Crippen LogP contribution in [-0.2, 0) is 16.4 Å². The first-order chi connectivity index (χ1) is 10.4. The van der Waals surface area contributed by atoms with E-state index in [1.54, 1.807) is 43.5 Å². The molecule has 0 radical (unpaired) electrons. The summed E-state index contributed by atoms with van der Waals surface area (Å²) in [6.45, 7) is 0. The van der Waals surface area contributed by atoms with Crippen molar-refractivity contribution < 1.29 is 18.4 Å². The van der Waals surface area contributed by atoms with Gasteiger partial charge in [0.1, 0.15) is 5.75 Å². The quantitative estimate of drug-likeness (QED) is 0.498. The van der Waals surface area contributed by atoms with Crippen LogP contribution in [0.3, 0.4) is 0 Å². The van der Waals surface area contributed by atoms with Crippen LogP contribution in [0.15, 0.2) is 58.6 Å². The highest BCUT2D eigenvalue weighted by atomic mass is 32.2. The Hall–Kier alpha value is -2.38. The third kappa shape index (κ3) is 3.84. The summed E-state index contributed by atoms with van der Waals surface area (Å²) in [5.74, 6) is 0.707. The number of primary sulfonamides is 1. The van der Waals surface area contributed by atoms with Gasteiger partial charge in [-0.05, 0) is 47.5 Å². The Morgan fingerprint density at radius 3 is 2.18 bits per heavy atom. The van der Waals surface area contributed by atoms with E-state index in [0.717, 1.165) is 11.1 Å². The van der Waals surface area contributed by atoms with Crippen molar-refractivity contribution in [1.82, 2.24) is 0 Å². The van der Waals surface area contributed by atoms with E-state index in [1.165, 1.54) is 12.1 Å². The molecule has 2 aromatic carbocycles. The van der Waals surface area contributed by atoms with Crippen molar-refractivity contribution in [3.05, 3.63) is 59.7 Å². The SMILES string of the molecule is COc1ccc(C(Cc2ccc(S(N)(=O)=O)cc2)=NO)cc1. The van der Waals surface area contributed by atoms with E-state index in [0.29, 0.717) is 17.9 Å². The first-order valence-electron chi connectivity index (χ1n) is 6.41. The van der Waals surface area contributed by atoms with E-state index < -0.39 is 10.0 Å². The maximum atomic E-state index is 11.2. The largest absolute Gasteiger partial charge is 0.497 e. The van der Waals surface area contributed by atoms with E-state index in [2.05, 4.69) is 5.16 Å². The third-order valence-corrected chi connectivity index (χ3v) is 4.10. The number of nitrogens with two attached hydrogens (primary N) is 1. The molecule has 0 fully saturated rings. The van der Waals surface area contributed by atoms with Gasteiger partial charge in [-0.3, -0.25) is 0 Å². The van der Waals surface area contributed by atoms with Crippen molar-refractivity contribution in [2.24, 2.45) is 10.3 Å². The molecule has 0 atom stereocenters. The van der Waals surface area contributed by atoms with Gasteiger partial charge in [-0.25, -0.2) is 13.6 Å². The molecule has 22 heavy (non-hydrogen) atoms. The number of hydrogen-bond donors (Lipinski definition) is 2. The van der Waals surface area contributed by atoms with Crippen molar-refractivity contribution in [3.8, 4) is 5.75 Å². The molecule has 0 unspecified atom stereocenters. The Morgan fingerprint density at radius 1 is 1.14 bits per heavy atom. The molecular formula is C15H16N2O4S. The van der Waals surface area contributed by atoms with Crippen LogP contribution in [0.5, 0.6) is 5.75 Å². The van der Waals surface area contributed by atoms with Crippen LogP contribution in [0.25, 0.3) is 0 Å². The predicted octanol–water partition coefficient (Wildman–Crippen LogP) is 1.76.